The zero-order chi connectivity index (χ0) is 15.1. The molecule has 0 radical (unpaired) electrons. The standard InChI is InChI=1S/C17H20N2O3/c20-15-10-22-17-8-12(15)7-16(21)19(17)6-5-11-9-18-14-4-2-1-3-13(11)14/h1-4,9,12,15,17-18,20H,5-8,10H2/t12-,15+,17-/m0/s1. The molecule has 116 valence electrons. The highest BCUT2D eigenvalue weighted by molar-refractivity contribution is 5.83. The average Bonchev–Trinajstić information content (AvgIpc) is 2.94. The van der Waals surface area contributed by atoms with Crippen molar-refractivity contribution in [3.63, 3.8) is 0 Å². The minimum atomic E-state index is -0.490. The molecular weight excluding hydrogens is 280 g/mol. The predicted molar refractivity (Wildman–Crippen MR) is 82.2 cm³/mol. The summed E-state index contributed by atoms with van der Waals surface area (Å²) in [5.41, 5.74) is 2.35. The molecule has 2 fully saturated rings. The van der Waals surface area contributed by atoms with Crippen LogP contribution in [0.15, 0.2) is 30.5 Å². The third-order valence-electron chi connectivity index (χ3n) is 4.91. The maximum atomic E-state index is 12.3. The number of hydrogen-bond acceptors (Lipinski definition) is 3. The van der Waals surface area contributed by atoms with Gasteiger partial charge in [-0.2, -0.15) is 0 Å². The molecule has 1 aromatic heterocycles. The van der Waals surface area contributed by atoms with Crippen LogP contribution in [0.1, 0.15) is 18.4 Å². The van der Waals surface area contributed by atoms with Gasteiger partial charge in [0.1, 0.15) is 6.23 Å². The molecule has 2 bridgehead atoms. The molecule has 2 N–H and O–H groups in total. The van der Waals surface area contributed by atoms with Crippen molar-refractivity contribution >= 4 is 16.8 Å². The monoisotopic (exact) mass is 300 g/mol. The summed E-state index contributed by atoms with van der Waals surface area (Å²) in [5, 5.41) is 11.0. The number of hydrogen-bond donors (Lipinski definition) is 2. The number of para-hydroxylation sites is 1. The van der Waals surface area contributed by atoms with Crippen LogP contribution < -0.4 is 0 Å². The van der Waals surface area contributed by atoms with E-state index >= 15 is 0 Å². The third kappa shape index (κ3) is 2.30. The van der Waals surface area contributed by atoms with Crippen molar-refractivity contribution in [1.82, 2.24) is 9.88 Å². The van der Waals surface area contributed by atoms with Gasteiger partial charge in [0, 0.05) is 36.0 Å². The van der Waals surface area contributed by atoms with E-state index < -0.39 is 6.10 Å². The van der Waals surface area contributed by atoms with Gasteiger partial charge in [-0.15, -0.1) is 0 Å². The van der Waals surface area contributed by atoms with Gasteiger partial charge in [0.25, 0.3) is 0 Å². The molecule has 2 aliphatic heterocycles. The third-order valence-corrected chi connectivity index (χ3v) is 4.91. The summed E-state index contributed by atoms with van der Waals surface area (Å²) < 4.78 is 5.65. The highest BCUT2D eigenvalue weighted by Crippen LogP contribution is 2.32. The summed E-state index contributed by atoms with van der Waals surface area (Å²) in [7, 11) is 0. The first-order valence-corrected chi connectivity index (χ1v) is 7.86. The highest BCUT2D eigenvalue weighted by atomic mass is 16.5. The molecule has 4 rings (SSSR count). The van der Waals surface area contributed by atoms with Crippen LogP contribution in [0.4, 0.5) is 0 Å². The maximum Gasteiger partial charge on any atom is 0.224 e. The number of amides is 1. The van der Waals surface area contributed by atoms with E-state index in [1.54, 1.807) is 0 Å². The van der Waals surface area contributed by atoms with E-state index in [1.165, 1.54) is 10.9 Å². The van der Waals surface area contributed by atoms with Crippen molar-refractivity contribution in [2.45, 2.75) is 31.6 Å². The fourth-order valence-corrected chi connectivity index (χ4v) is 3.62. The molecular formula is C17H20N2O3. The van der Waals surface area contributed by atoms with E-state index in [9.17, 15) is 9.90 Å². The molecule has 2 aliphatic rings. The number of likely N-dealkylation sites (tertiary alicyclic amines) is 1. The average molecular weight is 300 g/mol. The smallest absolute Gasteiger partial charge is 0.224 e. The number of benzene rings is 1. The number of piperidine rings is 1. The van der Waals surface area contributed by atoms with Crippen molar-refractivity contribution in [1.29, 1.82) is 0 Å². The van der Waals surface area contributed by atoms with Crippen LogP contribution in [-0.2, 0) is 16.0 Å². The lowest BCUT2D eigenvalue weighted by Crippen LogP contribution is -2.55. The lowest BCUT2D eigenvalue weighted by molar-refractivity contribution is -0.187. The summed E-state index contributed by atoms with van der Waals surface area (Å²) in [6.45, 7) is 1.00. The van der Waals surface area contributed by atoms with E-state index in [1.807, 2.05) is 23.2 Å². The topological polar surface area (TPSA) is 65.6 Å². The fourth-order valence-electron chi connectivity index (χ4n) is 3.62. The van der Waals surface area contributed by atoms with Gasteiger partial charge in [-0.25, -0.2) is 0 Å². The number of H-pyrrole nitrogens is 1. The van der Waals surface area contributed by atoms with Gasteiger partial charge in [-0.05, 0) is 24.5 Å². The van der Waals surface area contributed by atoms with Crippen molar-refractivity contribution in [2.24, 2.45) is 5.92 Å². The molecule has 0 unspecified atom stereocenters. The van der Waals surface area contributed by atoms with Crippen LogP contribution in [0, 0.1) is 5.92 Å². The van der Waals surface area contributed by atoms with Crippen molar-refractivity contribution < 1.29 is 14.6 Å². The Bertz CT molecular complexity index is 696. The molecule has 5 heteroatoms. The number of nitrogens with one attached hydrogen (secondary N) is 1. The Labute approximate surface area is 128 Å². The quantitative estimate of drug-likeness (QED) is 0.906. The van der Waals surface area contributed by atoms with Crippen LogP contribution in [0.25, 0.3) is 10.9 Å². The van der Waals surface area contributed by atoms with E-state index in [0.29, 0.717) is 19.6 Å². The van der Waals surface area contributed by atoms with Gasteiger partial charge in [0.15, 0.2) is 0 Å². The number of aliphatic hydroxyl groups excluding tert-OH is 1. The lowest BCUT2D eigenvalue weighted by atomic mass is 9.88. The number of carbonyl (C=O) groups excluding carboxylic acids is 1. The minimum Gasteiger partial charge on any atom is -0.390 e. The molecule has 2 saturated heterocycles. The van der Waals surface area contributed by atoms with Crippen molar-refractivity contribution in [3.05, 3.63) is 36.0 Å². The predicted octanol–water partition coefficient (Wildman–Crippen LogP) is 1.67. The Morgan fingerprint density at radius 2 is 2.23 bits per heavy atom. The molecule has 0 saturated carbocycles. The van der Waals surface area contributed by atoms with Crippen molar-refractivity contribution in [3.8, 4) is 0 Å². The number of aromatic nitrogens is 1. The van der Waals surface area contributed by atoms with Gasteiger partial charge < -0.3 is 19.7 Å². The molecule has 1 aromatic carbocycles. The number of ether oxygens (including phenoxy) is 1. The number of carbonyl (C=O) groups is 1. The molecule has 0 spiro atoms. The maximum absolute atomic E-state index is 12.3. The lowest BCUT2D eigenvalue weighted by Gasteiger charge is -2.44. The van der Waals surface area contributed by atoms with Crippen LogP contribution >= 0.6 is 0 Å². The number of aromatic amines is 1. The first-order chi connectivity index (χ1) is 10.7. The largest absolute Gasteiger partial charge is 0.390 e. The Hall–Kier alpha value is -1.85. The van der Waals surface area contributed by atoms with Gasteiger partial charge in [0.2, 0.25) is 5.91 Å². The minimum absolute atomic E-state index is 0.0654. The van der Waals surface area contributed by atoms with Crippen LogP contribution in [0.2, 0.25) is 0 Å². The van der Waals surface area contributed by atoms with Crippen LogP contribution in [0.3, 0.4) is 0 Å². The number of fused-ring (bicyclic) bond motifs is 3. The molecule has 1 amide bonds. The van der Waals surface area contributed by atoms with Gasteiger partial charge in [-0.1, -0.05) is 18.2 Å². The Kier molecular flexibility index (Phi) is 3.39. The fraction of sp³-hybridized carbons (Fsp3) is 0.471. The zero-order valence-corrected chi connectivity index (χ0v) is 12.4. The normalized spacial score (nSPS) is 28.3. The summed E-state index contributed by atoms with van der Waals surface area (Å²) in [6, 6.07) is 8.20. The van der Waals surface area contributed by atoms with Gasteiger partial charge >= 0.3 is 0 Å². The Morgan fingerprint density at radius 3 is 3.14 bits per heavy atom. The van der Waals surface area contributed by atoms with Gasteiger partial charge in [-0.3, -0.25) is 4.79 Å². The Balaban J connectivity index is 1.48. The molecule has 3 atom stereocenters. The highest BCUT2D eigenvalue weighted by Gasteiger charge is 2.41. The molecule has 2 aromatic rings. The van der Waals surface area contributed by atoms with E-state index in [0.717, 1.165) is 18.4 Å². The van der Waals surface area contributed by atoms with E-state index in [-0.39, 0.29) is 18.1 Å². The first-order valence-electron chi connectivity index (χ1n) is 7.86. The molecule has 0 aliphatic carbocycles. The second-order valence-corrected chi connectivity index (χ2v) is 6.25. The second kappa shape index (κ2) is 5.41. The van der Waals surface area contributed by atoms with Crippen LogP contribution in [-0.4, -0.2) is 46.4 Å². The number of aliphatic hydroxyl groups is 1. The molecule has 5 nitrogen and oxygen atoms in total. The SMILES string of the molecule is O=C1C[C@H]2C[C@H](OC[C@H]2O)N1CCc1c[nH]c2ccccc12. The summed E-state index contributed by atoms with van der Waals surface area (Å²) in [6.07, 6.45) is 3.36. The zero-order valence-electron chi connectivity index (χ0n) is 12.4. The molecule has 22 heavy (non-hydrogen) atoms. The van der Waals surface area contributed by atoms with E-state index in [2.05, 4.69) is 17.1 Å². The second-order valence-electron chi connectivity index (χ2n) is 6.25. The number of nitrogens with zero attached hydrogens (tertiary/aromatic N) is 1. The number of rotatable bonds is 3. The van der Waals surface area contributed by atoms with Gasteiger partial charge in [0.05, 0.1) is 12.7 Å². The molecule has 3 heterocycles. The summed E-state index contributed by atoms with van der Waals surface area (Å²) in [4.78, 5) is 17.4. The van der Waals surface area contributed by atoms with Crippen LogP contribution in [0.5, 0.6) is 0 Å². The first kappa shape index (κ1) is 13.8. The summed E-state index contributed by atoms with van der Waals surface area (Å²) in [5.74, 6) is 0.162. The Morgan fingerprint density at radius 1 is 1.36 bits per heavy atom. The van der Waals surface area contributed by atoms with Crippen molar-refractivity contribution in [2.75, 3.05) is 13.2 Å². The summed E-state index contributed by atoms with van der Waals surface area (Å²) >= 11 is 0. The van der Waals surface area contributed by atoms with E-state index in [4.69, 9.17) is 4.74 Å².